The van der Waals surface area contributed by atoms with Crippen molar-refractivity contribution in [2.75, 3.05) is 11.5 Å². The topological polar surface area (TPSA) is 75.7 Å². The minimum Gasteiger partial charge on any atom is -0.493 e. The molecule has 6 nitrogen and oxygen atoms in total. The van der Waals surface area contributed by atoms with E-state index >= 15 is 0 Å². The van der Waals surface area contributed by atoms with Gasteiger partial charge in [0.05, 0.1) is 12.3 Å². The molecule has 0 radical (unpaired) electrons. The van der Waals surface area contributed by atoms with Crippen LogP contribution in [0.4, 0.5) is 14.9 Å². The van der Waals surface area contributed by atoms with E-state index in [1.54, 1.807) is 24.3 Å². The van der Waals surface area contributed by atoms with Crippen LogP contribution in [-0.4, -0.2) is 24.5 Å². The smallest absolute Gasteiger partial charge is 0.336 e. The Morgan fingerprint density at radius 1 is 1.07 bits per heavy atom. The maximum absolute atomic E-state index is 14.1. The quantitative estimate of drug-likeness (QED) is 0.649. The van der Waals surface area contributed by atoms with Crippen LogP contribution in [0.5, 0.6) is 5.75 Å². The first-order valence-corrected chi connectivity index (χ1v) is 8.40. The number of nitrogens with one attached hydrogen (secondary N) is 1. The van der Waals surface area contributed by atoms with Crippen molar-refractivity contribution >= 4 is 29.6 Å². The molecule has 1 N–H and O–H groups in total. The van der Waals surface area contributed by atoms with Gasteiger partial charge in [0.25, 0.3) is 11.8 Å². The number of barbiturate groups is 1. The predicted octanol–water partition coefficient (Wildman–Crippen LogP) is 3.28. The van der Waals surface area contributed by atoms with Gasteiger partial charge < -0.3 is 4.74 Å². The maximum atomic E-state index is 14.1. The highest BCUT2D eigenvalue weighted by atomic mass is 19.1. The standard InChI is InChI=1S/C20H17FN2O4/c1-2-11-27-17-10-6-3-7-13(17)12-14-18(24)22-20(26)23(19(14)25)16-9-5-4-8-15(16)21/h3-10,12H,2,11H2,1H3,(H,22,24,26). The van der Waals surface area contributed by atoms with Gasteiger partial charge in [-0.1, -0.05) is 37.3 Å². The summed E-state index contributed by atoms with van der Waals surface area (Å²) in [5, 5.41) is 2.07. The van der Waals surface area contributed by atoms with Crippen LogP contribution in [-0.2, 0) is 9.59 Å². The molecule has 0 bridgehead atoms. The van der Waals surface area contributed by atoms with Gasteiger partial charge in [-0.05, 0) is 30.7 Å². The molecule has 0 aliphatic carbocycles. The minimum absolute atomic E-state index is 0.228. The van der Waals surface area contributed by atoms with Gasteiger partial charge in [-0.25, -0.2) is 14.1 Å². The van der Waals surface area contributed by atoms with E-state index in [0.29, 0.717) is 22.8 Å². The van der Waals surface area contributed by atoms with Crippen LogP contribution in [0.3, 0.4) is 0 Å². The zero-order chi connectivity index (χ0) is 19.4. The first kappa shape index (κ1) is 18.3. The summed E-state index contributed by atoms with van der Waals surface area (Å²) in [6.45, 7) is 2.43. The van der Waals surface area contributed by atoms with Gasteiger partial charge in [0.2, 0.25) is 0 Å². The van der Waals surface area contributed by atoms with Crippen molar-refractivity contribution in [1.82, 2.24) is 5.32 Å². The van der Waals surface area contributed by atoms with Crippen molar-refractivity contribution in [2.45, 2.75) is 13.3 Å². The number of halogens is 1. The number of imide groups is 2. The Balaban J connectivity index is 2.02. The molecule has 2 aromatic rings. The van der Waals surface area contributed by atoms with E-state index in [4.69, 9.17) is 4.74 Å². The fourth-order valence-corrected chi connectivity index (χ4v) is 2.61. The number of hydrogen-bond acceptors (Lipinski definition) is 4. The molecule has 0 unspecified atom stereocenters. The van der Waals surface area contributed by atoms with Crippen LogP contribution < -0.4 is 15.0 Å². The van der Waals surface area contributed by atoms with Gasteiger partial charge >= 0.3 is 6.03 Å². The Bertz CT molecular complexity index is 939. The normalized spacial score (nSPS) is 15.9. The van der Waals surface area contributed by atoms with Crippen molar-refractivity contribution in [3.63, 3.8) is 0 Å². The third-order valence-electron chi connectivity index (χ3n) is 3.88. The summed E-state index contributed by atoms with van der Waals surface area (Å²) >= 11 is 0. The van der Waals surface area contributed by atoms with Crippen molar-refractivity contribution in [2.24, 2.45) is 0 Å². The number of anilines is 1. The molecule has 4 amide bonds. The third kappa shape index (κ3) is 3.72. The van der Waals surface area contributed by atoms with Crippen LogP contribution in [0.15, 0.2) is 54.1 Å². The lowest BCUT2D eigenvalue weighted by Crippen LogP contribution is -2.54. The van der Waals surface area contributed by atoms with Crippen LogP contribution >= 0.6 is 0 Å². The zero-order valence-electron chi connectivity index (χ0n) is 14.6. The number of ether oxygens (including phenoxy) is 1. The zero-order valence-corrected chi connectivity index (χ0v) is 14.6. The van der Waals surface area contributed by atoms with E-state index in [0.717, 1.165) is 12.5 Å². The number of nitrogens with zero attached hydrogens (tertiary/aromatic N) is 1. The summed E-state index contributed by atoms with van der Waals surface area (Å²) in [6, 6.07) is 11.3. The van der Waals surface area contributed by atoms with Gasteiger partial charge in [0.1, 0.15) is 17.1 Å². The van der Waals surface area contributed by atoms with Crippen LogP contribution in [0.2, 0.25) is 0 Å². The Morgan fingerprint density at radius 2 is 1.78 bits per heavy atom. The van der Waals surface area contributed by atoms with Gasteiger partial charge in [-0.3, -0.25) is 14.9 Å². The van der Waals surface area contributed by atoms with Crippen LogP contribution in [0, 0.1) is 5.82 Å². The number of para-hydroxylation sites is 2. The molecule has 2 aromatic carbocycles. The van der Waals surface area contributed by atoms with Gasteiger partial charge in [-0.2, -0.15) is 0 Å². The van der Waals surface area contributed by atoms with E-state index in [9.17, 15) is 18.8 Å². The number of carbonyl (C=O) groups is 3. The molecule has 1 fully saturated rings. The molecule has 138 valence electrons. The second-order valence-corrected chi connectivity index (χ2v) is 5.80. The predicted molar refractivity (Wildman–Crippen MR) is 97.6 cm³/mol. The Hall–Kier alpha value is -3.48. The molecule has 1 aliphatic heterocycles. The Morgan fingerprint density at radius 3 is 2.52 bits per heavy atom. The maximum Gasteiger partial charge on any atom is 0.336 e. The summed E-state index contributed by atoms with van der Waals surface area (Å²) in [5.41, 5.74) is -0.00778. The molecule has 0 saturated carbocycles. The lowest BCUT2D eigenvalue weighted by molar-refractivity contribution is -0.122. The summed E-state index contributed by atoms with van der Waals surface area (Å²) in [4.78, 5) is 37.8. The van der Waals surface area contributed by atoms with E-state index in [1.165, 1.54) is 24.3 Å². The molecule has 1 aliphatic rings. The Labute approximate surface area is 155 Å². The number of rotatable bonds is 5. The van der Waals surface area contributed by atoms with Gasteiger partial charge in [0.15, 0.2) is 0 Å². The summed E-state index contributed by atoms with van der Waals surface area (Å²) in [6.07, 6.45) is 2.13. The first-order valence-electron chi connectivity index (χ1n) is 8.40. The van der Waals surface area contributed by atoms with E-state index < -0.39 is 23.7 Å². The Kier molecular flexibility index (Phi) is 5.30. The first-order chi connectivity index (χ1) is 13.0. The lowest BCUT2D eigenvalue weighted by atomic mass is 10.1. The molecule has 27 heavy (non-hydrogen) atoms. The number of carbonyl (C=O) groups excluding carboxylic acids is 3. The highest BCUT2D eigenvalue weighted by Gasteiger charge is 2.38. The van der Waals surface area contributed by atoms with Crippen molar-refractivity contribution < 1.29 is 23.5 Å². The lowest BCUT2D eigenvalue weighted by Gasteiger charge is -2.26. The van der Waals surface area contributed by atoms with Crippen LogP contribution in [0.25, 0.3) is 6.08 Å². The number of urea groups is 1. The summed E-state index contributed by atoms with van der Waals surface area (Å²) in [7, 11) is 0. The van der Waals surface area contributed by atoms with Crippen molar-refractivity contribution in [3.8, 4) is 5.75 Å². The number of hydrogen-bond donors (Lipinski definition) is 1. The van der Waals surface area contributed by atoms with Gasteiger partial charge in [-0.15, -0.1) is 0 Å². The fraction of sp³-hybridized carbons (Fsp3) is 0.150. The highest BCUT2D eigenvalue weighted by molar-refractivity contribution is 6.39. The molecule has 1 heterocycles. The summed E-state index contributed by atoms with van der Waals surface area (Å²) < 4.78 is 19.7. The molecular formula is C20H17FN2O4. The average Bonchev–Trinajstić information content (AvgIpc) is 2.65. The van der Waals surface area contributed by atoms with Gasteiger partial charge in [0, 0.05) is 5.56 Å². The molecule has 0 aromatic heterocycles. The van der Waals surface area contributed by atoms with E-state index in [2.05, 4.69) is 5.32 Å². The van der Waals surface area contributed by atoms with Crippen molar-refractivity contribution in [3.05, 3.63) is 65.5 Å². The number of amides is 4. The van der Waals surface area contributed by atoms with Crippen LogP contribution in [0.1, 0.15) is 18.9 Å². The molecule has 0 atom stereocenters. The second kappa shape index (κ2) is 7.82. The molecule has 7 heteroatoms. The monoisotopic (exact) mass is 368 g/mol. The largest absolute Gasteiger partial charge is 0.493 e. The summed E-state index contributed by atoms with van der Waals surface area (Å²) in [5.74, 6) is -2.00. The van der Waals surface area contributed by atoms with E-state index in [-0.39, 0.29) is 11.3 Å². The minimum atomic E-state index is -0.997. The molecule has 0 spiro atoms. The fourth-order valence-electron chi connectivity index (χ4n) is 2.61. The second-order valence-electron chi connectivity index (χ2n) is 5.80. The average molecular weight is 368 g/mol. The SMILES string of the molecule is CCCOc1ccccc1C=C1C(=O)NC(=O)N(c2ccccc2F)C1=O. The molecule has 1 saturated heterocycles. The third-order valence-corrected chi connectivity index (χ3v) is 3.88. The van der Waals surface area contributed by atoms with Crippen molar-refractivity contribution in [1.29, 1.82) is 0 Å². The number of benzene rings is 2. The molecular weight excluding hydrogens is 351 g/mol. The molecule has 3 rings (SSSR count). The van der Waals surface area contributed by atoms with E-state index in [1.807, 2.05) is 6.92 Å². The highest BCUT2D eigenvalue weighted by Crippen LogP contribution is 2.26.